The second-order valence-electron chi connectivity index (χ2n) is 25.9. The van der Waals surface area contributed by atoms with Crippen LogP contribution in [-0.2, 0) is 33.3 Å². The summed E-state index contributed by atoms with van der Waals surface area (Å²) in [6.45, 7) is 4.96. The number of esters is 2. The van der Waals surface area contributed by atoms with Gasteiger partial charge < -0.3 is 28.5 Å². The van der Waals surface area contributed by atoms with Gasteiger partial charge in [0.15, 0.2) is 6.10 Å². The Balaban J connectivity index is 4.04. The molecule has 0 radical (unpaired) electrons. The number of nitrogens with zero attached hydrogens (tertiary/aromatic N) is 1. The van der Waals surface area contributed by atoms with Crippen molar-refractivity contribution in [3.8, 4) is 0 Å². The number of aliphatic carboxylic acids is 1. The van der Waals surface area contributed by atoms with Crippen LogP contribution in [0.3, 0.4) is 0 Å². The number of carbonyl (C=O) groups is 3. The SMILES string of the molecule is CCCCCCCCCC/C=C\CCCCCCCCCCCCCCCCCCCCCC(=O)OC(COC(=O)CCCCCCCCCCCCCCCCCCCCCCCCCCC)COC(OCC[N+](C)(C)C)C(=O)O. The fraction of sp³-hybridized carbons (Fsp3) is 0.931. The molecular weight excluding hydrogens is 1010 g/mol. The minimum Gasteiger partial charge on any atom is -0.477 e. The van der Waals surface area contributed by atoms with E-state index in [2.05, 4.69) is 26.0 Å². The van der Waals surface area contributed by atoms with Crippen LogP contribution in [-0.4, -0.2) is 87.4 Å². The van der Waals surface area contributed by atoms with E-state index in [1.807, 2.05) is 21.1 Å². The van der Waals surface area contributed by atoms with Gasteiger partial charge in [-0.25, -0.2) is 4.79 Å². The highest BCUT2D eigenvalue weighted by Gasteiger charge is 2.25. The van der Waals surface area contributed by atoms with Crippen molar-refractivity contribution in [2.24, 2.45) is 0 Å². The zero-order valence-electron chi connectivity index (χ0n) is 55.0. The average molecular weight is 1150 g/mol. The topological polar surface area (TPSA) is 108 Å². The van der Waals surface area contributed by atoms with Crippen LogP contribution < -0.4 is 0 Å². The molecule has 1 N–H and O–H groups in total. The normalized spacial score (nSPS) is 12.7. The summed E-state index contributed by atoms with van der Waals surface area (Å²) in [6.07, 6.45) is 74.8. The highest BCUT2D eigenvalue weighted by Crippen LogP contribution is 2.19. The molecule has 9 heteroatoms. The number of allylic oxidation sites excluding steroid dienone is 2. The molecule has 480 valence electrons. The third-order valence-electron chi connectivity index (χ3n) is 16.5. The summed E-state index contributed by atoms with van der Waals surface area (Å²) in [5.74, 6) is -1.97. The number of rotatable bonds is 68. The third-order valence-corrected chi connectivity index (χ3v) is 16.5. The van der Waals surface area contributed by atoms with Crippen molar-refractivity contribution in [3.05, 3.63) is 12.2 Å². The Morgan fingerprint density at radius 1 is 0.358 bits per heavy atom. The van der Waals surface area contributed by atoms with E-state index in [0.29, 0.717) is 17.4 Å². The quantitative estimate of drug-likeness (QED) is 0.0211. The maximum atomic E-state index is 12.9. The van der Waals surface area contributed by atoms with Gasteiger partial charge in [0.2, 0.25) is 0 Å². The van der Waals surface area contributed by atoms with Crippen molar-refractivity contribution in [3.63, 3.8) is 0 Å². The Morgan fingerprint density at radius 3 is 0.914 bits per heavy atom. The predicted molar refractivity (Wildman–Crippen MR) is 346 cm³/mol. The summed E-state index contributed by atoms with van der Waals surface area (Å²) in [6, 6.07) is 0. The molecule has 0 spiro atoms. The smallest absolute Gasteiger partial charge is 0.361 e. The molecule has 0 aliphatic heterocycles. The van der Waals surface area contributed by atoms with Crippen molar-refractivity contribution in [2.45, 2.75) is 386 Å². The fourth-order valence-electron chi connectivity index (χ4n) is 11.0. The Bertz CT molecular complexity index is 1330. The standard InChI is InChI=1S/C72H139NO8/c1-6-8-10-12-14-16-18-20-22-24-26-28-30-32-33-34-35-36-37-39-41-43-45-47-49-51-53-55-57-59-61-63-70(75)81-68(67-80-72(71(76)77)78-65-64-73(3,4)5)66-79-69(74)62-60-58-56-54-52-50-48-46-44-42-40-38-31-29-27-25-23-21-19-17-15-13-11-9-7-2/h24,26,68,72H,6-23,25,27-67H2,1-5H3/p+1/b26-24-. The minimum atomic E-state index is -1.51. The summed E-state index contributed by atoms with van der Waals surface area (Å²) in [4.78, 5) is 37.6. The van der Waals surface area contributed by atoms with Crippen molar-refractivity contribution in [1.29, 1.82) is 0 Å². The number of hydrogen-bond acceptors (Lipinski definition) is 7. The Morgan fingerprint density at radius 2 is 0.630 bits per heavy atom. The highest BCUT2D eigenvalue weighted by atomic mass is 16.7. The van der Waals surface area contributed by atoms with Gasteiger partial charge in [0.25, 0.3) is 6.29 Å². The Kier molecular flexibility index (Phi) is 62.5. The molecular formula is C72H140NO8+. The van der Waals surface area contributed by atoms with Crippen LogP contribution in [0.4, 0.5) is 0 Å². The minimum absolute atomic E-state index is 0.173. The summed E-state index contributed by atoms with van der Waals surface area (Å²) < 4.78 is 23.0. The van der Waals surface area contributed by atoms with Crippen molar-refractivity contribution >= 4 is 17.9 Å². The maximum absolute atomic E-state index is 12.9. The van der Waals surface area contributed by atoms with E-state index in [4.69, 9.17) is 18.9 Å². The molecule has 0 aliphatic rings. The van der Waals surface area contributed by atoms with Crippen molar-refractivity contribution < 1.29 is 42.9 Å². The highest BCUT2D eigenvalue weighted by molar-refractivity contribution is 5.71. The third kappa shape index (κ3) is 65.4. The van der Waals surface area contributed by atoms with Gasteiger partial charge in [0, 0.05) is 12.8 Å². The number of carboxylic acid groups (broad SMARTS) is 1. The molecule has 0 saturated heterocycles. The lowest BCUT2D eigenvalue weighted by atomic mass is 10.0. The number of likely N-dealkylation sites (N-methyl/N-ethyl adjacent to an activating group) is 1. The Hall–Kier alpha value is -1.97. The second-order valence-corrected chi connectivity index (χ2v) is 25.9. The Labute approximate surface area is 504 Å². The van der Waals surface area contributed by atoms with Gasteiger partial charge in [-0.15, -0.1) is 0 Å². The first-order valence-electron chi connectivity index (χ1n) is 35.9. The van der Waals surface area contributed by atoms with Gasteiger partial charge >= 0.3 is 17.9 Å². The molecule has 0 bridgehead atoms. The molecule has 0 saturated carbocycles. The van der Waals surface area contributed by atoms with Crippen LogP contribution in [0, 0.1) is 0 Å². The molecule has 0 fully saturated rings. The lowest BCUT2D eigenvalue weighted by molar-refractivity contribution is -0.870. The van der Waals surface area contributed by atoms with E-state index in [-0.39, 0.29) is 38.2 Å². The second kappa shape index (κ2) is 64.0. The van der Waals surface area contributed by atoms with Gasteiger partial charge in [0.1, 0.15) is 13.2 Å². The molecule has 2 unspecified atom stereocenters. The van der Waals surface area contributed by atoms with E-state index in [9.17, 15) is 19.5 Å². The first kappa shape index (κ1) is 79.0. The summed E-state index contributed by atoms with van der Waals surface area (Å²) >= 11 is 0. The largest absolute Gasteiger partial charge is 0.477 e. The van der Waals surface area contributed by atoms with E-state index < -0.39 is 18.4 Å². The molecule has 0 aromatic carbocycles. The van der Waals surface area contributed by atoms with Crippen LogP contribution >= 0.6 is 0 Å². The van der Waals surface area contributed by atoms with Gasteiger partial charge in [0.05, 0.1) is 34.4 Å². The van der Waals surface area contributed by atoms with Crippen LogP contribution in [0.25, 0.3) is 0 Å². The fourth-order valence-corrected chi connectivity index (χ4v) is 11.0. The number of ether oxygens (including phenoxy) is 4. The summed E-state index contributed by atoms with van der Waals surface area (Å²) in [5, 5.41) is 9.75. The molecule has 0 aromatic heterocycles. The van der Waals surface area contributed by atoms with E-state index >= 15 is 0 Å². The molecule has 0 amide bonds. The van der Waals surface area contributed by atoms with Crippen LogP contribution in [0.1, 0.15) is 373 Å². The summed E-state index contributed by atoms with van der Waals surface area (Å²) in [7, 11) is 6.00. The molecule has 0 aromatic rings. The predicted octanol–water partition coefficient (Wildman–Crippen LogP) is 22.0. The lowest BCUT2D eigenvalue weighted by Crippen LogP contribution is -2.40. The van der Waals surface area contributed by atoms with Crippen molar-refractivity contribution in [2.75, 3.05) is 47.5 Å². The first-order chi connectivity index (χ1) is 39.6. The van der Waals surface area contributed by atoms with Gasteiger partial charge in [-0.2, -0.15) is 0 Å². The van der Waals surface area contributed by atoms with Crippen LogP contribution in [0.5, 0.6) is 0 Å². The number of hydrogen-bond donors (Lipinski definition) is 1. The molecule has 9 nitrogen and oxygen atoms in total. The van der Waals surface area contributed by atoms with Gasteiger partial charge in [-0.3, -0.25) is 9.59 Å². The molecule has 0 heterocycles. The lowest BCUT2D eigenvalue weighted by Gasteiger charge is -2.25. The monoisotopic (exact) mass is 1150 g/mol. The molecule has 2 atom stereocenters. The number of carboxylic acids is 1. The van der Waals surface area contributed by atoms with Gasteiger partial charge in [-0.05, 0) is 38.5 Å². The first-order valence-corrected chi connectivity index (χ1v) is 35.9. The number of unbranched alkanes of at least 4 members (excludes halogenated alkanes) is 51. The van der Waals surface area contributed by atoms with Crippen molar-refractivity contribution in [1.82, 2.24) is 0 Å². The zero-order chi connectivity index (χ0) is 59.1. The zero-order valence-corrected chi connectivity index (χ0v) is 55.0. The van der Waals surface area contributed by atoms with Crippen LogP contribution in [0.15, 0.2) is 12.2 Å². The molecule has 81 heavy (non-hydrogen) atoms. The number of carbonyl (C=O) groups excluding carboxylic acids is 2. The number of quaternary nitrogens is 1. The maximum Gasteiger partial charge on any atom is 0.361 e. The van der Waals surface area contributed by atoms with E-state index in [1.165, 1.54) is 308 Å². The summed E-state index contributed by atoms with van der Waals surface area (Å²) in [5.41, 5.74) is 0. The van der Waals surface area contributed by atoms with E-state index in [0.717, 1.165) is 38.5 Å². The average Bonchev–Trinajstić information content (AvgIpc) is 3.44. The molecule has 0 rings (SSSR count). The van der Waals surface area contributed by atoms with Crippen LogP contribution in [0.2, 0.25) is 0 Å². The van der Waals surface area contributed by atoms with E-state index in [1.54, 1.807) is 0 Å². The molecule has 0 aliphatic carbocycles. The van der Waals surface area contributed by atoms with Gasteiger partial charge in [-0.1, -0.05) is 334 Å².